The van der Waals surface area contributed by atoms with Gasteiger partial charge >= 0.3 is 0 Å². The number of nitrogens with one attached hydrogen (secondary N) is 1. The Balaban J connectivity index is 2.34. The zero-order chi connectivity index (χ0) is 13.0. The number of rotatable bonds is 4. The molecular weight excluding hydrogens is 244 g/mol. The van der Waals surface area contributed by atoms with E-state index in [1.54, 1.807) is 18.9 Å². The largest absolute Gasteiger partial charge is 0.495 e. The molecule has 0 heterocycles. The Kier molecular flexibility index (Phi) is 3.99. The third-order valence-electron chi connectivity index (χ3n) is 2.66. The smallest absolute Gasteiger partial charge is 0.143 e. The average Bonchev–Trinajstić information content (AvgIpc) is 2.42. The normalized spacial score (nSPS) is 10.1. The first-order valence-corrected chi connectivity index (χ1v) is 6.81. The molecule has 0 bridgehead atoms. The Morgan fingerprint density at radius 1 is 1.06 bits per heavy atom. The highest BCUT2D eigenvalue weighted by atomic mass is 32.2. The highest BCUT2D eigenvalue weighted by molar-refractivity contribution is 7.98. The number of thioether (sulfide) groups is 1. The molecule has 18 heavy (non-hydrogen) atoms. The lowest BCUT2D eigenvalue weighted by molar-refractivity contribution is 0.417. The Morgan fingerprint density at radius 2 is 1.78 bits per heavy atom. The highest BCUT2D eigenvalue weighted by Gasteiger charge is 2.07. The molecular formula is C14H16N2OS. The van der Waals surface area contributed by atoms with Gasteiger partial charge in [-0.15, -0.1) is 11.8 Å². The van der Waals surface area contributed by atoms with Crippen LogP contribution in [0.25, 0.3) is 0 Å². The monoisotopic (exact) mass is 260 g/mol. The molecule has 0 spiro atoms. The minimum absolute atomic E-state index is 0.621. The summed E-state index contributed by atoms with van der Waals surface area (Å²) in [6.45, 7) is 0. The van der Waals surface area contributed by atoms with E-state index in [2.05, 4.69) is 17.6 Å². The third kappa shape index (κ3) is 2.54. The van der Waals surface area contributed by atoms with Gasteiger partial charge in [-0.05, 0) is 30.5 Å². The van der Waals surface area contributed by atoms with Gasteiger partial charge in [-0.25, -0.2) is 0 Å². The van der Waals surface area contributed by atoms with Crippen LogP contribution in [-0.2, 0) is 0 Å². The summed E-state index contributed by atoms with van der Waals surface area (Å²) in [5, 5.41) is 3.34. The molecule has 0 amide bonds. The summed E-state index contributed by atoms with van der Waals surface area (Å²) >= 11 is 1.70. The summed E-state index contributed by atoms with van der Waals surface area (Å²) in [5.41, 5.74) is 8.56. The maximum atomic E-state index is 6.04. The maximum Gasteiger partial charge on any atom is 0.143 e. The van der Waals surface area contributed by atoms with Crippen LogP contribution >= 0.6 is 11.8 Å². The SMILES string of the molecule is COc1cccc(Nc2ccccc2SC)c1N. The van der Waals surface area contributed by atoms with Gasteiger partial charge in [-0.3, -0.25) is 0 Å². The molecule has 0 saturated heterocycles. The Morgan fingerprint density at radius 3 is 2.50 bits per heavy atom. The second kappa shape index (κ2) is 5.69. The standard InChI is InChI=1S/C14H16N2OS/c1-17-12-8-5-7-11(14(12)15)16-10-6-3-4-9-13(10)18-2/h3-9,16H,15H2,1-2H3. The van der Waals surface area contributed by atoms with E-state index in [9.17, 15) is 0 Å². The fourth-order valence-corrected chi connectivity index (χ4v) is 2.28. The molecule has 4 heteroatoms. The zero-order valence-corrected chi connectivity index (χ0v) is 11.3. The van der Waals surface area contributed by atoms with Gasteiger partial charge < -0.3 is 15.8 Å². The van der Waals surface area contributed by atoms with Crippen LogP contribution in [-0.4, -0.2) is 13.4 Å². The number of anilines is 3. The number of hydrogen-bond donors (Lipinski definition) is 2. The lowest BCUT2D eigenvalue weighted by Gasteiger charge is -2.14. The highest BCUT2D eigenvalue weighted by Crippen LogP contribution is 2.34. The molecule has 2 aromatic carbocycles. The summed E-state index contributed by atoms with van der Waals surface area (Å²) in [6.07, 6.45) is 2.05. The van der Waals surface area contributed by atoms with Crippen LogP contribution in [0, 0.1) is 0 Å². The molecule has 0 aromatic heterocycles. The zero-order valence-electron chi connectivity index (χ0n) is 10.4. The second-order valence-electron chi connectivity index (χ2n) is 3.75. The molecule has 3 nitrogen and oxygen atoms in total. The van der Waals surface area contributed by atoms with E-state index < -0.39 is 0 Å². The fraction of sp³-hybridized carbons (Fsp3) is 0.143. The lowest BCUT2D eigenvalue weighted by atomic mass is 10.2. The quantitative estimate of drug-likeness (QED) is 0.649. The topological polar surface area (TPSA) is 47.3 Å². The Bertz CT molecular complexity index is 543. The van der Waals surface area contributed by atoms with Crippen molar-refractivity contribution in [3.63, 3.8) is 0 Å². The average molecular weight is 260 g/mol. The van der Waals surface area contributed by atoms with Gasteiger partial charge in [0.05, 0.1) is 24.2 Å². The molecule has 0 aliphatic carbocycles. The van der Waals surface area contributed by atoms with Crippen LogP contribution < -0.4 is 15.8 Å². The van der Waals surface area contributed by atoms with E-state index >= 15 is 0 Å². The van der Waals surface area contributed by atoms with Crippen molar-refractivity contribution >= 4 is 28.8 Å². The van der Waals surface area contributed by atoms with E-state index in [-0.39, 0.29) is 0 Å². The number of ether oxygens (including phenoxy) is 1. The van der Waals surface area contributed by atoms with E-state index in [0.29, 0.717) is 11.4 Å². The van der Waals surface area contributed by atoms with E-state index in [0.717, 1.165) is 11.4 Å². The molecule has 94 valence electrons. The lowest BCUT2D eigenvalue weighted by Crippen LogP contribution is -1.99. The number of hydrogen-bond acceptors (Lipinski definition) is 4. The van der Waals surface area contributed by atoms with Crippen molar-refractivity contribution in [2.75, 3.05) is 24.4 Å². The van der Waals surface area contributed by atoms with Crippen molar-refractivity contribution in [1.29, 1.82) is 0 Å². The van der Waals surface area contributed by atoms with Crippen LogP contribution in [0.5, 0.6) is 5.75 Å². The van der Waals surface area contributed by atoms with Gasteiger partial charge in [0.1, 0.15) is 5.75 Å². The summed E-state index contributed by atoms with van der Waals surface area (Å²) < 4.78 is 5.21. The number of methoxy groups -OCH3 is 1. The minimum Gasteiger partial charge on any atom is -0.495 e. The third-order valence-corrected chi connectivity index (χ3v) is 3.46. The molecule has 2 rings (SSSR count). The van der Waals surface area contributed by atoms with Crippen LogP contribution in [0.4, 0.5) is 17.1 Å². The Hall–Kier alpha value is -1.81. The van der Waals surface area contributed by atoms with Crippen molar-refractivity contribution in [2.24, 2.45) is 0 Å². The predicted octanol–water partition coefficient (Wildman–Crippen LogP) is 3.74. The van der Waals surface area contributed by atoms with Gasteiger partial charge in [-0.1, -0.05) is 18.2 Å². The van der Waals surface area contributed by atoms with Crippen molar-refractivity contribution in [1.82, 2.24) is 0 Å². The van der Waals surface area contributed by atoms with E-state index in [4.69, 9.17) is 10.5 Å². The molecule has 0 saturated carbocycles. The first-order chi connectivity index (χ1) is 8.76. The van der Waals surface area contributed by atoms with Gasteiger partial charge in [-0.2, -0.15) is 0 Å². The van der Waals surface area contributed by atoms with Crippen molar-refractivity contribution in [3.8, 4) is 5.75 Å². The van der Waals surface area contributed by atoms with E-state index in [1.165, 1.54) is 4.90 Å². The van der Waals surface area contributed by atoms with Crippen molar-refractivity contribution < 1.29 is 4.74 Å². The molecule has 0 unspecified atom stereocenters. The molecule has 2 aromatic rings. The van der Waals surface area contributed by atoms with Crippen LogP contribution in [0.1, 0.15) is 0 Å². The number of para-hydroxylation sites is 2. The second-order valence-corrected chi connectivity index (χ2v) is 4.59. The number of nitrogen functional groups attached to an aromatic ring is 1. The summed E-state index contributed by atoms with van der Waals surface area (Å²) in [5.74, 6) is 0.682. The van der Waals surface area contributed by atoms with Gasteiger partial charge in [0.15, 0.2) is 0 Å². The van der Waals surface area contributed by atoms with Gasteiger partial charge in [0.2, 0.25) is 0 Å². The van der Waals surface area contributed by atoms with Crippen molar-refractivity contribution in [2.45, 2.75) is 4.90 Å². The van der Waals surface area contributed by atoms with Gasteiger partial charge in [0, 0.05) is 4.90 Å². The van der Waals surface area contributed by atoms with Crippen LogP contribution in [0.15, 0.2) is 47.4 Å². The number of benzene rings is 2. The molecule has 0 atom stereocenters. The van der Waals surface area contributed by atoms with Crippen molar-refractivity contribution in [3.05, 3.63) is 42.5 Å². The summed E-state index contributed by atoms with van der Waals surface area (Å²) in [7, 11) is 1.62. The minimum atomic E-state index is 0.621. The molecule has 0 aliphatic heterocycles. The first-order valence-electron chi connectivity index (χ1n) is 5.58. The molecule has 0 aliphatic rings. The molecule has 0 fully saturated rings. The van der Waals surface area contributed by atoms with Crippen LogP contribution in [0.2, 0.25) is 0 Å². The Labute approximate surface area is 111 Å². The fourth-order valence-electron chi connectivity index (χ4n) is 1.72. The summed E-state index contributed by atoms with van der Waals surface area (Å²) in [4.78, 5) is 1.18. The summed E-state index contributed by atoms with van der Waals surface area (Å²) in [6, 6.07) is 13.8. The molecule has 0 radical (unpaired) electrons. The first kappa shape index (κ1) is 12.6. The van der Waals surface area contributed by atoms with Crippen LogP contribution in [0.3, 0.4) is 0 Å². The van der Waals surface area contributed by atoms with E-state index in [1.807, 2.05) is 36.4 Å². The molecule has 3 N–H and O–H groups in total. The van der Waals surface area contributed by atoms with Gasteiger partial charge in [0.25, 0.3) is 0 Å². The number of nitrogens with two attached hydrogens (primary N) is 1. The predicted molar refractivity (Wildman–Crippen MR) is 78.9 cm³/mol. The maximum absolute atomic E-state index is 6.04.